The number of hydrogen-bond donors (Lipinski definition) is 0. The summed E-state index contributed by atoms with van der Waals surface area (Å²) in [6.07, 6.45) is 11.2. The van der Waals surface area contributed by atoms with Crippen molar-refractivity contribution in [3.05, 3.63) is 10.6 Å². The van der Waals surface area contributed by atoms with E-state index in [1.807, 2.05) is 0 Å². The standard InChI is InChI=1S/C14H23ClO/c1-2-3-4-5-6-7-10-13(15)12-9-8-11-14(12)16/h2-11H2,1H3/b13-12+. The van der Waals surface area contributed by atoms with Gasteiger partial charge in [-0.3, -0.25) is 4.79 Å². The van der Waals surface area contributed by atoms with Crippen LogP contribution in [-0.2, 0) is 4.79 Å². The molecule has 1 aliphatic rings. The molecule has 1 aliphatic carbocycles. The Balaban J connectivity index is 2.15. The summed E-state index contributed by atoms with van der Waals surface area (Å²) in [4.78, 5) is 11.4. The molecule has 0 aromatic rings. The van der Waals surface area contributed by atoms with Crippen LogP contribution in [0.15, 0.2) is 10.6 Å². The minimum absolute atomic E-state index is 0.288. The van der Waals surface area contributed by atoms with E-state index in [1.165, 1.54) is 32.1 Å². The zero-order chi connectivity index (χ0) is 11.8. The molecule has 2 heteroatoms. The van der Waals surface area contributed by atoms with E-state index >= 15 is 0 Å². The van der Waals surface area contributed by atoms with Gasteiger partial charge in [-0.2, -0.15) is 0 Å². The summed E-state index contributed by atoms with van der Waals surface area (Å²) in [6.45, 7) is 2.23. The highest BCUT2D eigenvalue weighted by molar-refractivity contribution is 6.32. The van der Waals surface area contributed by atoms with Crippen molar-refractivity contribution in [1.29, 1.82) is 0 Å². The fourth-order valence-electron chi connectivity index (χ4n) is 2.21. The molecule has 0 aromatic carbocycles. The maximum absolute atomic E-state index is 11.4. The molecule has 16 heavy (non-hydrogen) atoms. The van der Waals surface area contributed by atoms with Crippen LogP contribution in [0.3, 0.4) is 0 Å². The molecule has 0 heterocycles. The van der Waals surface area contributed by atoms with Gasteiger partial charge in [0.25, 0.3) is 0 Å². The Labute approximate surface area is 104 Å². The summed E-state index contributed by atoms with van der Waals surface area (Å²) < 4.78 is 0. The topological polar surface area (TPSA) is 17.1 Å². The summed E-state index contributed by atoms with van der Waals surface area (Å²) in [7, 11) is 0. The highest BCUT2D eigenvalue weighted by Gasteiger charge is 2.19. The number of unbranched alkanes of at least 4 members (excludes halogenated alkanes) is 5. The summed E-state index contributed by atoms with van der Waals surface area (Å²) in [5.41, 5.74) is 0.926. The fraction of sp³-hybridized carbons (Fsp3) is 0.786. The minimum Gasteiger partial charge on any atom is -0.295 e. The Morgan fingerprint density at radius 2 is 1.81 bits per heavy atom. The van der Waals surface area contributed by atoms with E-state index in [9.17, 15) is 4.79 Å². The molecule has 0 amide bonds. The third-order valence-corrected chi connectivity index (χ3v) is 3.66. The summed E-state index contributed by atoms with van der Waals surface area (Å²) in [6, 6.07) is 0. The van der Waals surface area contributed by atoms with E-state index in [4.69, 9.17) is 11.6 Å². The van der Waals surface area contributed by atoms with Crippen molar-refractivity contribution >= 4 is 17.4 Å². The SMILES string of the molecule is CCCCCCCC/C(Cl)=C1/CCCC1=O. The molecule has 0 unspecified atom stereocenters. The van der Waals surface area contributed by atoms with E-state index in [0.29, 0.717) is 6.42 Å². The van der Waals surface area contributed by atoms with E-state index in [-0.39, 0.29) is 5.78 Å². The first-order chi connectivity index (χ1) is 7.75. The van der Waals surface area contributed by atoms with Crippen molar-refractivity contribution < 1.29 is 4.79 Å². The average Bonchev–Trinajstić information content (AvgIpc) is 2.69. The second-order valence-electron chi connectivity index (χ2n) is 4.68. The van der Waals surface area contributed by atoms with Gasteiger partial charge in [-0.05, 0) is 25.7 Å². The second kappa shape index (κ2) is 7.89. The molecule has 1 fully saturated rings. The van der Waals surface area contributed by atoms with Gasteiger partial charge in [0.05, 0.1) is 0 Å². The van der Waals surface area contributed by atoms with Crippen LogP contribution in [0.1, 0.15) is 71.1 Å². The number of rotatable bonds is 7. The largest absolute Gasteiger partial charge is 0.295 e. The quantitative estimate of drug-likeness (QED) is 0.454. The van der Waals surface area contributed by atoms with Crippen molar-refractivity contribution in [3.8, 4) is 0 Å². The van der Waals surface area contributed by atoms with Gasteiger partial charge >= 0.3 is 0 Å². The Kier molecular flexibility index (Phi) is 6.79. The van der Waals surface area contributed by atoms with Gasteiger partial charge in [-0.15, -0.1) is 0 Å². The number of ketones is 1. The van der Waals surface area contributed by atoms with Gasteiger partial charge in [0.1, 0.15) is 0 Å². The molecule has 0 N–H and O–H groups in total. The van der Waals surface area contributed by atoms with E-state index in [0.717, 1.165) is 36.3 Å². The number of Topliss-reactive ketones (excluding diaryl/α,β-unsaturated/α-hetero) is 1. The Bertz CT molecular complexity index is 255. The summed E-state index contributed by atoms with van der Waals surface area (Å²) in [5, 5.41) is 0.845. The molecule has 0 saturated heterocycles. The molecular formula is C14H23ClO. The monoisotopic (exact) mass is 242 g/mol. The molecule has 0 radical (unpaired) electrons. The molecule has 0 aromatic heterocycles. The third-order valence-electron chi connectivity index (χ3n) is 3.24. The zero-order valence-electron chi connectivity index (χ0n) is 10.4. The van der Waals surface area contributed by atoms with Crippen LogP contribution >= 0.6 is 11.6 Å². The van der Waals surface area contributed by atoms with Crippen LogP contribution in [-0.4, -0.2) is 5.78 Å². The highest BCUT2D eigenvalue weighted by Crippen LogP contribution is 2.28. The molecular weight excluding hydrogens is 220 g/mol. The fourth-order valence-corrected chi connectivity index (χ4v) is 2.55. The molecule has 92 valence electrons. The van der Waals surface area contributed by atoms with Crippen LogP contribution in [0.25, 0.3) is 0 Å². The average molecular weight is 243 g/mol. The smallest absolute Gasteiger partial charge is 0.160 e. The van der Waals surface area contributed by atoms with Gasteiger partial charge in [0.15, 0.2) is 5.78 Å². The number of halogens is 1. The van der Waals surface area contributed by atoms with E-state index < -0.39 is 0 Å². The van der Waals surface area contributed by atoms with Crippen molar-refractivity contribution in [2.24, 2.45) is 0 Å². The lowest BCUT2D eigenvalue weighted by Crippen LogP contribution is -1.94. The first-order valence-corrected chi connectivity index (χ1v) is 7.04. The van der Waals surface area contributed by atoms with Crippen molar-refractivity contribution in [3.63, 3.8) is 0 Å². The molecule has 0 atom stereocenters. The van der Waals surface area contributed by atoms with Crippen molar-refractivity contribution in [1.82, 2.24) is 0 Å². The Morgan fingerprint density at radius 3 is 2.44 bits per heavy atom. The predicted octanol–water partition coefficient (Wildman–Crippen LogP) is 4.98. The van der Waals surface area contributed by atoms with Crippen LogP contribution in [0.5, 0.6) is 0 Å². The van der Waals surface area contributed by atoms with Crippen LogP contribution < -0.4 is 0 Å². The van der Waals surface area contributed by atoms with E-state index in [2.05, 4.69) is 6.92 Å². The molecule has 0 spiro atoms. The Hall–Kier alpha value is -0.300. The lowest BCUT2D eigenvalue weighted by molar-refractivity contribution is -0.114. The first kappa shape index (κ1) is 13.8. The van der Waals surface area contributed by atoms with Crippen LogP contribution in [0.2, 0.25) is 0 Å². The first-order valence-electron chi connectivity index (χ1n) is 6.66. The molecule has 1 saturated carbocycles. The van der Waals surface area contributed by atoms with E-state index in [1.54, 1.807) is 0 Å². The number of carbonyl (C=O) groups excluding carboxylic acids is 1. The van der Waals surface area contributed by atoms with Gasteiger partial charge in [-0.1, -0.05) is 50.6 Å². The van der Waals surface area contributed by atoms with Gasteiger partial charge in [0.2, 0.25) is 0 Å². The van der Waals surface area contributed by atoms with Crippen molar-refractivity contribution in [2.75, 3.05) is 0 Å². The summed E-state index contributed by atoms with van der Waals surface area (Å²) in [5.74, 6) is 0.288. The molecule has 1 rings (SSSR count). The van der Waals surface area contributed by atoms with Crippen LogP contribution in [0.4, 0.5) is 0 Å². The lowest BCUT2D eigenvalue weighted by atomic mass is 10.1. The second-order valence-corrected chi connectivity index (χ2v) is 5.13. The maximum atomic E-state index is 11.4. The number of allylic oxidation sites excluding steroid dienone is 2. The highest BCUT2D eigenvalue weighted by atomic mass is 35.5. The Morgan fingerprint density at radius 1 is 1.12 bits per heavy atom. The normalized spacial score (nSPS) is 19.2. The van der Waals surface area contributed by atoms with Crippen molar-refractivity contribution in [2.45, 2.75) is 71.1 Å². The minimum atomic E-state index is 0.288. The van der Waals surface area contributed by atoms with Gasteiger partial charge in [0, 0.05) is 17.0 Å². The summed E-state index contributed by atoms with van der Waals surface area (Å²) >= 11 is 6.18. The molecule has 1 nitrogen and oxygen atoms in total. The third kappa shape index (κ3) is 4.69. The molecule has 0 aliphatic heterocycles. The van der Waals surface area contributed by atoms with Gasteiger partial charge in [-0.25, -0.2) is 0 Å². The maximum Gasteiger partial charge on any atom is 0.160 e. The van der Waals surface area contributed by atoms with Gasteiger partial charge < -0.3 is 0 Å². The van der Waals surface area contributed by atoms with Crippen LogP contribution in [0, 0.1) is 0 Å². The lowest BCUT2D eigenvalue weighted by Gasteiger charge is -2.03. The predicted molar refractivity (Wildman–Crippen MR) is 69.7 cm³/mol. The zero-order valence-corrected chi connectivity index (χ0v) is 11.1. The molecule has 0 bridgehead atoms. The number of hydrogen-bond acceptors (Lipinski definition) is 1. The number of carbonyl (C=O) groups is 1.